The van der Waals surface area contributed by atoms with Gasteiger partial charge in [0.1, 0.15) is 5.56 Å². The van der Waals surface area contributed by atoms with E-state index in [1.807, 2.05) is 26.1 Å². The minimum Gasteiger partial charge on any atom is -0.480 e. The van der Waals surface area contributed by atoms with Crippen molar-refractivity contribution in [2.75, 3.05) is 27.2 Å². The van der Waals surface area contributed by atoms with Crippen molar-refractivity contribution in [1.82, 2.24) is 15.2 Å². The number of aromatic nitrogens is 1. The first-order chi connectivity index (χ1) is 13.5. The van der Waals surface area contributed by atoms with E-state index in [0.29, 0.717) is 24.5 Å². The normalized spacial score (nSPS) is 19.5. The van der Waals surface area contributed by atoms with E-state index >= 15 is 0 Å². The lowest BCUT2D eigenvalue weighted by molar-refractivity contribution is 0.0195. The first kappa shape index (κ1) is 20.3. The summed E-state index contributed by atoms with van der Waals surface area (Å²) < 4.78 is 5.27. The third-order valence-corrected chi connectivity index (χ3v) is 5.40. The standard InChI is InChI=1S/C22H29N3O3/c1-15-8-9-19(21(24-15)28-3)22(27)25-11-10-17(20(26)14-25)12-16-6-4-5-7-18(16)13-23-2/h4-9,17,20,23,26H,10-14H2,1-3H3. The molecule has 1 aliphatic rings. The van der Waals surface area contributed by atoms with Gasteiger partial charge in [-0.05, 0) is 56.0 Å². The number of carbonyl (C=O) groups excluding carboxylic acids is 1. The number of methoxy groups -OCH3 is 1. The van der Waals surface area contributed by atoms with Crippen LogP contribution in [0.15, 0.2) is 36.4 Å². The number of carbonyl (C=O) groups is 1. The molecular weight excluding hydrogens is 354 g/mol. The number of nitrogens with zero attached hydrogens (tertiary/aromatic N) is 2. The fraction of sp³-hybridized carbons (Fsp3) is 0.455. The van der Waals surface area contributed by atoms with Crippen LogP contribution in [0.5, 0.6) is 5.88 Å². The predicted octanol–water partition coefficient (Wildman–Crippen LogP) is 2.18. The van der Waals surface area contributed by atoms with Gasteiger partial charge in [0.2, 0.25) is 5.88 Å². The lowest BCUT2D eigenvalue weighted by atomic mass is 9.86. The Morgan fingerprint density at radius 2 is 2.04 bits per heavy atom. The first-order valence-electron chi connectivity index (χ1n) is 9.73. The second-order valence-electron chi connectivity index (χ2n) is 7.38. The summed E-state index contributed by atoms with van der Waals surface area (Å²) in [6, 6.07) is 11.9. The predicted molar refractivity (Wildman–Crippen MR) is 108 cm³/mol. The second kappa shape index (κ2) is 9.17. The van der Waals surface area contributed by atoms with Crippen molar-refractivity contribution in [3.8, 4) is 5.88 Å². The van der Waals surface area contributed by atoms with Gasteiger partial charge in [-0.1, -0.05) is 24.3 Å². The van der Waals surface area contributed by atoms with Crippen LogP contribution in [0.4, 0.5) is 0 Å². The van der Waals surface area contributed by atoms with Crippen molar-refractivity contribution in [1.29, 1.82) is 0 Å². The van der Waals surface area contributed by atoms with Crippen LogP contribution in [-0.4, -0.2) is 54.2 Å². The summed E-state index contributed by atoms with van der Waals surface area (Å²) >= 11 is 0. The molecule has 2 N–H and O–H groups in total. The number of rotatable bonds is 6. The Bertz CT molecular complexity index is 824. The Hall–Kier alpha value is -2.44. The zero-order valence-corrected chi connectivity index (χ0v) is 16.8. The topological polar surface area (TPSA) is 74.7 Å². The molecule has 0 spiro atoms. The third-order valence-electron chi connectivity index (χ3n) is 5.40. The molecule has 2 unspecified atom stereocenters. The van der Waals surface area contributed by atoms with Crippen molar-refractivity contribution < 1.29 is 14.6 Å². The van der Waals surface area contributed by atoms with E-state index in [0.717, 1.165) is 25.1 Å². The molecule has 2 aromatic rings. The van der Waals surface area contributed by atoms with Gasteiger partial charge >= 0.3 is 0 Å². The Balaban J connectivity index is 1.68. The van der Waals surface area contributed by atoms with Gasteiger partial charge in [-0.15, -0.1) is 0 Å². The van der Waals surface area contributed by atoms with Crippen LogP contribution in [0.2, 0.25) is 0 Å². The SMILES string of the molecule is CNCc1ccccc1CC1CCN(C(=O)c2ccc(C)nc2OC)CC1O. The van der Waals surface area contributed by atoms with Crippen LogP contribution in [0.1, 0.15) is 33.6 Å². The Morgan fingerprint density at radius 1 is 1.29 bits per heavy atom. The molecule has 6 nitrogen and oxygen atoms in total. The van der Waals surface area contributed by atoms with E-state index < -0.39 is 6.10 Å². The molecule has 3 rings (SSSR count). The number of benzene rings is 1. The smallest absolute Gasteiger partial charge is 0.259 e. The molecule has 0 bridgehead atoms. The monoisotopic (exact) mass is 383 g/mol. The van der Waals surface area contributed by atoms with Crippen molar-refractivity contribution in [3.05, 3.63) is 58.8 Å². The molecule has 2 atom stereocenters. The minimum absolute atomic E-state index is 0.139. The number of pyridine rings is 1. The second-order valence-corrected chi connectivity index (χ2v) is 7.38. The summed E-state index contributed by atoms with van der Waals surface area (Å²) in [5, 5.41) is 13.9. The fourth-order valence-corrected chi connectivity index (χ4v) is 3.83. The van der Waals surface area contributed by atoms with E-state index in [4.69, 9.17) is 4.74 Å². The molecule has 0 radical (unpaired) electrons. The van der Waals surface area contributed by atoms with E-state index in [2.05, 4.69) is 22.4 Å². The highest BCUT2D eigenvalue weighted by Gasteiger charge is 2.32. The van der Waals surface area contributed by atoms with Gasteiger partial charge < -0.3 is 20.1 Å². The van der Waals surface area contributed by atoms with Gasteiger partial charge in [0.25, 0.3) is 5.91 Å². The van der Waals surface area contributed by atoms with E-state index in [1.54, 1.807) is 17.0 Å². The number of aliphatic hydroxyl groups excluding tert-OH is 1. The highest BCUT2D eigenvalue weighted by molar-refractivity contribution is 5.96. The molecule has 28 heavy (non-hydrogen) atoms. The molecule has 1 aliphatic heterocycles. The lowest BCUT2D eigenvalue weighted by Crippen LogP contribution is -2.47. The number of β-amino-alcohol motifs (C(OH)–C–C–N with tert-alkyl or cyclic N) is 1. The van der Waals surface area contributed by atoms with Crippen molar-refractivity contribution in [2.45, 2.75) is 32.4 Å². The molecular formula is C22H29N3O3. The zero-order valence-electron chi connectivity index (χ0n) is 16.8. The number of hydrogen-bond donors (Lipinski definition) is 2. The number of aliphatic hydroxyl groups is 1. The number of ether oxygens (including phenoxy) is 1. The van der Waals surface area contributed by atoms with Gasteiger partial charge in [0.05, 0.1) is 13.2 Å². The fourth-order valence-electron chi connectivity index (χ4n) is 3.83. The largest absolute Gasteiger partial charge is 0.480 e. The molecule has 2 heterocycles. The molecule has 0 aliphatic carbocycles. The maximum Gasteiger partial charge on any atom is 0.259 e. The average molecular weight is 383 g/mol. The van der Waals surface area contributed by atoms with Crippen molar-refractivity contribution in [3.63, 3.8) is 0 Å². The molecule has 0 saturated carbocycles. The molecule has 1 aromatic heterocycles. The molecule has 1 saturated heterocycles. The Morgan fingerprint density at radius 3 is 2.71 bits per heavy atom. The number of amides is 1. The minimum atomic E-state index is -0.551. The first-order valence-corrected chi connectivity index (χ1v) is 9.73. The van der Waals surface area contributed by atoms with E-state index in [1.165, 1.54) is 18.2 Å². The summed E-state index contributed by atoms with van der Waals surface area (Å²) in [5.41, 5.74) is 3.75. The molecule has 150 valence electrons. The van der Waals surface area contributed by atoms with Crippen LogP contribution < -0.4 is 10.1 Å². The van der Waals surface area contributed by atoms with Gasteiger partial charge in [0, 0.05) is 25.3 Å². The average Bonchev–Trinajstić information content (AvgIpc) is 2.70. The molecule has 1 aromatic carbocycles. The molecule has 1 amide bonds. The number of likely N-dealkylation sites (tertiary alicyclic amines) is 1. The quantitative estimate of drug-likeness (QED) is 0.800. The van der Waals surface area contributed by atoms with Crippen LogP contribution in [0.25, 0.3) is 0 Å². The molecule has 6 heteroatoms. The number of hydrogen-bond acceptors (Lipinski definition) is 5. The van der Waals surface area contributed by atoms with Gasteiger partial charge in [-0.25, -0.2) is 4.98 Å². The van der Waals surface area contributed by atoms with Gasteiger partial charge in [-0.2, -0.15) is 0 Å². The third kappa shape index (κ3) is 4.51. The Kier molecular flexibility index (Phi) is 6.65. The summed E-state index contributed by atoms with van der Waals surface area (Å²) in [4.78, 5) is 18.9. The maximum absolute atomic E-state index is 12.9. The zero-order chi connectivity index (χ0) is 20.1. The van der Waals surface area contributed by atoms with Gasteiger partial charge in [-0.3, -0.25) is 4.79 Å². The number of nitrogens with one attached hydrogen (secondary N) is 1. The van der Waals surface area contributed by atoms with Crippen LogP contribution in [-0.2, 0) is 13.0 Å². The molecule has 1 fully saturated rings. The summed E-state index contributed by atoms with van der Waals surface area (Å²) in [7, 11) is 3.45. The van der Waals surface area contributed by atoms with Gasteiger partial charge in [0.15, 0.2) is 0 Å². The summed E-state index contributed by atoms with van der Waals surface area (Å²) in [6.45, 7) is 3.61. The highest BCUT2D eigenvalue weighted by atomic mass is 16.5. The highest BCUT2D eigenvalue weighted by Crippen LogP contribution is 2.26. The van der Waals surface area contributed by atoms with Crippen LogP contribution in [0.3, 0.4) is 0 Å². The van der Waals surface area contributed by atoms with Crippen molar-refractivity contribution >= 4 is 5.91 Å². The van der Waals surface area contributed by atoms with Crippen LogP contribution in [0, 0.1) is 12.8 Å². The summed E-state index contributed by atoms with van der Waals surface area (Å²) in [6.07, 6.45) is 1.03. The lowest BCUT2D eigenvalue weighted by Gasteiger charge is -2.36. The Labute approximate surface area is 166 Å². The van der Waals surface area contributed by atoms with E-state index in [9.17, 15) is 9.90 Å². The van der Waals surface area contributed by atoms with E-state index in [-0.39, 0.29) is 11.8 Å². The number of aryl methyl sites for hydroxylation is 1. The summed E-state index contributed by atoms with van der Waals surface area (Å²) in [5.74, 6) is 0.333. The van der Waals surface area contributed by atoms with Crippen molar-refractivity contribution in [2.24, 2.45) is 5.92 Å². The van der Waals surface area contributed by atoms with Crippen LogP contribution >= 0.6 is 0 Å². The number of piperidine rings is 1. The maximum atomic E-state index is 12.9.